The van der Waals surface area contributed by atoms with Crippen LogP contribution in [0, 0.1) is 0 Å². The first-order chi connectivity index (χ1) is 10.3. The Balaban J connectivity index is 1.92. The molecule has 0 saturated heterocycles. The van der Waals surface area contributed by atoms with E-state index in [1.165, 1.54) is 22.7 Å². The zero-order chi connectivity index (χ0) is 16.0. The maximum absolute atomic E-state index is 12.5. The Morgan fingerprint density at radius 1 is 1.05 bits per heavy atom. The predicted octanol–water partition coefficient (Wildman–Crippen LogP) is 3.83. The van der Waals surface area contributed by atoms with Gasteiger partial charge in [0.05, 0.1) is 11.1 Å². The molecule has 3 rings (SSSR count). The van der Waals surface area contributed by atoms with Crippen molar-refractivity contribution in [1.82, 2.24) is 4.98 Å². The molecule has 0 aliphatic heterocycles. The van der Waals surface area contributed by atoms with Crippen molar-refractivity contribution in [2.45, 2.75) is 12.0 Å². The van der Waals surface area contributed by atoms with Crippen LogP contribution in [0.15, 0.2) is 40.3 Å². The molecular weight excluding hydrogens is 339 g/mol. The Labute approximate surface area is 130 Å². The minimum atomic E-state index is -5.30. The highest BCUT2D eigenvalue weighted by atomic mass is 32.1. The zero-order valence-corrected chi connectivity index (χ0v) is 12.3. The number of halogens is 3. The number of aromatic nitrogens is 1. The van der Waals surface area contributed by atoms with Gasteiger partial charge in [0.25, 0.3) is 5.89 Å². The summed E-state index contributed by atoms with van der Waals surface area (Å²) in [6.45, 7) is 0. The summed E-state index contributed by atoms with van der Waals surface area (Å²) in [6, 6.07) is 7.29. The Kier molecular flexibility index (Phi) is 3.60. The van der Waals surface area contributed by atoms with E-state index in [1.807, 2.05) is 23.6 Å². The van der Waals surface area contributed by atoms with Crippen LogP contribution < -0.4 is 0 Å². The molecule has 0 saturated carbocycles. The van der Waals surface area contributed by atoms with Gasteiger partial charge in [0.15, 0.2) is 5.76 Å². The first kappa shape index (κ1) is 15.2. The minimum absolute atomic E-state index is 0.0412. The Morgan fingerprint density at radius 3 is 2.41 bits per heavy atom. The van der Waals surface area contributed by atoms with E-state index in [9.17, 15) is 13.2 Å². The second-order valence-corrected chi connectivity index (χ2v) is 6.37. The van der Waals surface area contributed by atoms with Gasteiger partial charge < -0.3 is 14.6 Å². The van der Waals surface area contributed by atoms with Crippen molar-refractivity contribution in [2.24, 2.45) is 0 Å². The van der Waals surface area contributed by atoms with Crippen LogP contribution in [0.5, 0.6) is 0 Å². The molecule has 2 N–H and O–H groups in total. The highest BCUT2D eigenvalue weighted by Gasteiger charge is 2.58. The minimum Gasteiger partial charge on any atom is -0.434 e. The second kappa shape index (κ2) is 5.20. The highest BCUT2D eigenvalue weighted by Crippen LogP contribution is 2.40. The lowest BCUT2D eigenvalue weighted by Gasteiger charge is -2.20. The molecule has 3 aromatic heterocycles. The molecule has 0 atom stereocenters. The van der Waals surface area contributed by atoms with E-state index >= 15 is 0 Å². The number of hydrogen-bond acceptors (Lipinski definition) is 6. The molecule has 22 heavy (non-hydrogen) atoms. The van der Waals surface area contributed by atoms with Crippen LogP contribution in [0.25, 0.3) is 20.4 Å². The number of alkyl halides is 3. The van der Waals surface area contributed by atoms with Crippen LogP contribution in [0.3, 0.4) is 0 Å². The first-order valence-corrected chi connectivity index (χ1v) is 7.60. The van der Waals surface area contributed by atoms with E-state index in [4.69, 9.17) is 14.6 Å². The molecule has 0 radical (unpaired) electrons. The maximum atomic E-state index is 12.5. The van der Waals surface area contributed by atoms with E-state index < -0.39 is 17.9 Å². The summed E-state index contributed by atoms with van der Waals surface area (Å²) in [5, 5.41) is 20.1. The average molecular weight is 347 g/mol. The van der Waals surface area contributed by atoms with E-state index in [-0.39, 0.29) is 5.76 Å². The third-order valence-corrected chi connectivity index (χ3v) is 4.98. The third kappa shape index (κ3) is 2.56. The summed E-state index contributed by atoms with van der Waals surface area (Å²) < 4.78 is 42.4. The number of aliphatic hydroxyl groups is 2. The lowest BCUT2D eigenvalue weighted by Crippen LogP contribution is -2.42. The molecule has 0 aliphatic carbocycles. The number of rotatable bonds is 3. The maximum Gasteiger partial charge on any atom is 0.453 e. The lowest BCUT2D eigenvalue weighted by molar-refractivity contribution is -0.366. The van der Waals surface area contributed by atoms with E-state index in [0.29, 0.717) is 4.88 Å². The molecule has 3 aromatic rings. The average Bonchev–Trinajstić information content (AvgIpc) is 3.18. The van der Waals surface area contributed by atoms with Crippen molar-refractivity contribution in [1.29, 1.82) is 0 Å². The van der Waals surface area contributed by atoms with Gasteiger partial charge in [-0.3, -0.25) is 0 Å². The van der Waals surface area contributed by atoms with Crippen molar-refractivity contribution in [2.75, 3.05) is 0 Å². The second-order valence-electron chi connectivity index (χ2n) is 4.34. The van der Waals surface area contributed by atoms with Crippen molar-refractivity contribution in [3.05, 3.63) is 41.7 Å². The van der Waals surface area contributed by atoms with Gasteiger partial charge >= 0.3 is 12.0 Å². The summed E-state index contributed by atoms with van der Waals surface area (Å²) in [5.74, 6) is -5.28. The van der Waals surface area contributed by atoms with Crippen LogP contribution in [0.2, 0.25) is 0 Å². The number of hydrogen-bond donors (Lipinski definition) is 2. The van der Waals surface area contributed by atoms with Gasteiger partial charge in [-0.2, -0.15) is 13.2 Å². The number of oxazole rings is 1. The van der Waals surface area contributed by atoms with Crippen molar-refractivity contribution < 1.29 is 27.8 Å². The summed E-state index contributed by atoms with van der Waals surface area (Å²) in [6.07, 6.45) is -4.26. The number of thiophene rings is 2. The van der Waals surface area contributed by atoms with Gasteiger partial charge in [0.1, 0.15) is 0 Å². The monoisotopic (exact) mass is 347 g/mol. The number of nitrogens with zero attached hydrogens (tertiary/aromatic N) is 1. The molecule has 9 heteroatoms. The Bertz CT molecular complexity index is 775. The largest absolute Gasteiger partial charge is 0.453 e. The SMILES string of the molecule is OC(O)(c1ncc(-c2ccc(-c3cccs3)s2)o1)C(F)(F)F. The topological polar surface area (TPSA) is 66.5 Å². The summed E-state index contributed by atoms with van der Waals surface area (Å²) >= 11 is 2.84. The summed E-state index contributed by atoms with van der Waals surface area (Å²) in [4.78, 5) is 5.81. The Hall–Kier alpha value is -1.68. The van der Waals surface area contributed by atoms with Gasteiger partial charge in [0, 0.05) is 9.75 Å². The molecule has 0 unspecified atom stereocenters. The summed E-state index contributed by atoms with van der Waals surface area (Å²) in [7, 11) is 0. The van der Waals surface area contributed by atoms with Gasteiger partial charge in [-0.25, -0.2) is 4.98 Å². The quantitative estimate of drug-likeness (QED) is 0.707. The molecular formula is C13H8F3NO3S2. The van der Waals surface area contributed by atoms with Gasteiger partial charge in [-0.1, -0.05) is 6.07 Å². The van der Waals surface area contributed by atoms with Crippen LogP contribution in [0.4, 0.5) is 13.2 Å². The fraction of sp³-hybridized carbons (Fsp3) is 0.154. The van der Waals surface area contributed by atoms with Crippen molar-refractivity contribution >= 4 is 22.7 Å². The fourth-order valence-corrected chi connectivity index (χ4v) is 3.48. The molecule has 0 aromatic carbocycles. The molecule has 0 amide bonds. The van der Waals surface area contributed by atoms with Crippen molar-refractivity contribution in [3.63, 3.8) is 0 Å². The molecule has 0 spiro atoms. The molecule has 0 fully saturated rings. The normalized spacial score (nSPS) is 12.8. The molecule has 116 valence electrons. The zero-order valence-electron chi connectivity index (χ0n) is 10.7. The van der Waals surface area contributed by atoms with Gasteiger partial charge in [0.2, 0.25) is 0 Å². The van der Waals surface area contributed by atoms with Crippen molar-refractivity contribution in [3.8, 4) is 20.4 Å². The predicted molar refractivity (Wildman–Crippen MR) is 75.3 cm³/mol. The molecule has 0 aliphatic rings. The standard InChI is InChI=1S/C13H8F3NO3S2/c14-13(15,16)12(18,19)11-17-6-7(20-11)8-3-4-10(22-8)9-2-1-5-21-9/h1-6,18-19H. The van der Waals surface area contributed by atoms with E-state index in [1.54, 1.807) is 6.07 Å². The van der Waals surface area contributed by atoms with Crippen LogP contribution in [-0.4, -0.2) is 21.4 Å². The van der Waals surface area contributed by atoms with Gasteiger partial charge in [-0.05, 0) is 23.6 Å². The molecule has 0 bridgehead atoms. The van der Waals surface area contributed by atoms with E-state index in [2.05, 4.69) is 4.98 Å². The summed E-state index contributed by atoms with van der Waals surface area (Å²) in [5.41, 5.74) is 0. The molecule has 3 heterocycles. The highest BCUT2D eigenvalue weighted by molar-refractivity contribution is 7.23. The smallest absolute Gasteiger partial charge is 0.434 e. The molecule has 4 nitrogen and oxygen atoms in total. The lowest BCUT2D eigenvalue weighted by atomic mass is 10.3. The van der Waals surface area contributed by atoms with Gasteiger partial charge in [-0.15, -0.1) is 22.7 Å². The van der Waals surface area contributed by atoms with E-state index in [0.717, 1.165) is 16.0 Å². The Morgan fingerprint density at radius 2 is 1.77 bits per heavy atom. The fourth-order valence-electron chi connectivity index (χ4n) is 1.69. The van der Waals surface area contributed by atoms with Crippen LogP contribution >= 0.6 is 22.7 Å². The van der Waals surface area contributed by atoms with Crippen LogP contribution in [-0.2, 0) is 5.79 Å². The first-order valence-electron chi connectivity index (χ1n) is 5.91. The van der Waals surface area contributed by atoms with Crippen LogP contribution in [0.1, 0.15) is 5.89 Å². The third-order valence-electron chi connectivity index (χ3n) is 2.81.